The maximum absolute atomic E-state index is 11.0. The Balaban J connectivity index is 2.27. The third kappa shape index (κ3) is 3.73. The molecule has 1 amide bonds. The van der Waals surface area contributed by atoms with Crippen LogP contribution in [0, 0.1) is 5.92 Å². The van der Waals surface area contributed by atoms with Crippen molar-refractivity contribution in [3.63, 3.8) is 0 Å². The monoisotopic (exact) mass is 183 g/mol. The highest BCUT2D eigenvalue weighted by Crippen LogP contribution is 2.32. The van der Waals surface area contributed by atoms with Crippen LogP contribution in [0.5, 0.6) is 0 Å². The molecule has 0 aliphatic heterocycles. The smallest absolute Gasteiger partial charge is 0.328 e. The highest BCUT2D eigenvalue weighted by Gasteiger charge is 2.28. The lowest BCUT2D eigenvalue weighted by Gasteiger charge is -2.09. The molecule has 13 heavy (non-hydrogen) atoms. The predicted octanol–water partition coefficient (Wildman–Crippen LogP) is 0.542. The Bertz CT molecular complexity index is 243. The van der Waals surface area contributed by atoms with Crippen LogP contribution in [0.4, 0.5) is 0 Å². The Labute approximate surface area is 76.6 Å². The van der Waals surface area contributed by atoms with Gasteiger partial charge in [-0.3, -0.25) is 4.79 Å². The summed E-state index contributed by atoms with van der Waals surface area (Å²) < 4.78 is 0. The number of hydrogen-bond donors (Lipinski definition) is 2. The summed E-state index contributed by atoms with van der Waals surface area (Å²) in [6.45, 7) is 1.93. The summed E-state index contributed by atoms with van der Waals surface area (Å²) in [5.41, 5.74) is 0. The number of aliphatic carboxylic acids is 1. The Morgan fingerprint density at radius 1 is 1.46 bits per heavy atom. The summed E-state index contributed by atoms with van der Waals surface area (Å²) in [6, 6.07) is 0.158. The van der Waals surface area contributed by atoms with Crippen molar-refractivity contribution in [1.29, 1.82) is 0 Å². The van der Waals surface area contributed by atoms with Crippen LogP contribution >= 0.6 is 0 Å². The molecule has 4 heteroatoms. The van der Waals surface area contributed by atoms with Crippen LogP contribution in [-0.2, 0) is 9.59 Å². The average Bonchev–Trinajstić information content (AvgIpc) is 2.82. The van der Waals surface area contributed by atoms with E-state index in [-0.39, 0.29) is 11.9 Å². The molecule has 0 radical (unpaired) electrons. The Morgan fingerprint density at radius 3 is 2.54 bits per heavy atom. The number of carbonyl (C=O) groups excluding carboxylic acids is 1. The first-order chi connectivity index (χ1) is 6.09. The largest absolute Gasteiger partial charge is 0.478 e. The lowest BCUT2D eigenvalue weighted by molar-refractivity contribution is -0.131. The van der Waals surface area contributed by atoms with E-state index in [1.807, 2.05) is 6.92 Å². The van der Waals surface area contributed by atoms with E-state index in [2.05, 4.69) is 5.32 Å². The second-order valence-electron chi connectivity index (χ2n) is 3.31. The molecule has 0 heterocycles. The van der Waals surface area contributed by atoms with Gasteiger partial charge in [-0.1, -0.05) is 0 Å². The first-order valence-electron chi connectivity index (χ1n) is 4.31. The average molecular weight is 183 g/mol. The first kappa shape index (κ1) is 9.77. The minimum absolute atomic E-state index is 0.158. The molecular formula is C9H13NO3. The summed E-state index contributed by atoms with van der Waals surface area (Å²) in [6.07, 6.45) is 4.20. The Morgan fingerprint density at radius 2 is 2.08 bits per heavy atom. The first-order valence-corrected chi connectivity index (χ1v) is 4.31. The number of nitrogens with one attached hydrogen (secondary N) is 1. The Kier molecular flexibility index (Phi) is 3.06. The van der Waals surface area contributed by atoms with Gasteiger partial charge in [0.2, 0.25) is 5.91 Å². The lowest BCUT2D eigenvalue weighted by Crippen LogP contribution is -2.32. The maximum Gasteiger partial charge on any atom is 0.328 e. The molecule has 0 spiro atoms. The SMILES string of the molecule is CC(NC(=O)/C=C/C(=O)O)C1CC1. The number of carbonyl (C=O) groups is 2. The summed E-state index contributed by atoms with van der Waals surface area (Å²) in [7, 11) is 0. The minimum atomic E-state index is -1.10. The topological polar surface area (TPSA) is 66.4 Å². The van der Waals surface area contributed by atoms with Crippen LogP contribution in [0.1, 0.15) is 19.8 Å². The van der Waals surface area contributed by atoms with Gasteiger partial charge in [0, 0.05) is 18.2 Å². The van der Waals surface area contributed by atoms with Gasteiger partial charge < -0.3 is 10.4 Å². The van der Waals surface area contributed by atoms with E-state index in [1.165, 1.54) is 0 Å². The predicted molar refractivity (Wildman–Crippen MR) is 47.1 cm³/mol. The van der Waals surface area contributed by atoms with Crippen LogP contribution in [0.25, 0.3) is 0 Å². The number of carboxylic acid groups (broad SMARTS) is 1. The van der Waals surface area contributed by atoms with E-state index in [4.69, 9.17) is 5.11 Å². The fraction of sp³-hybridized carbons (Fsp3) is 0.556. The van der Waals surface area contributed by atoms with E-state index < -0.39 is 5.97 Å². The van der Waals surface area contributed by atoms with Crippen LogP contribution in [0.3, 0.4) is 0 Å². The van der Waals surface area contributed by atoms with Crippen molar-refractivity contribution in [1.82, 2.24) is 5.32 Å². The van der Waals surface area contributed by atoms with E-state index >= 15 is 0 Å². The van der Waals surface area contributed by atoms with E-state index in [0.717, 1.165) is 25.0 Å². The van der Waals surface area contributed by atoms with Crippen LogP contribution in [-0.4, -0.2) is 23.0 Å². The van der Waals surface area contributed by atoms with Gasteiger partial charge in [0.05, 0.1) is 0 Å². The molecule has 1 aliphatic rings. The van der Waals surface area contributed by atoms with Crippen molar-refractivity contribution in [2.45, 2.75) is 25.8 Å². The van der Waals surface area contributed by atoms with Gasteiger partial charge in [-0.2, -0.15) is 0 Å². The third-order valence-corrected chi connectivity index (χ3v) is 2.08. The van der Waals surface area contributed by atoms with Crippen molar-refractivity contribution >= 4 is 11.9 Å². The number of rotatable bonds is 4. The maximum atomic E-state index is 11.0. The van der Waals surface area contributed by atoms with Gasteiger partial charge in [0.1, 0.15) is 0 Å². The molecule has 0 bridgehead atoms. The summed E-state index contributed by atoms with van der Waals surface area (Å²) in [5, 5.41) is 11.0. The molecule has 1 atom stereocenters. The van der Waals surface area contributed by atoms with Gasteiger partial charge in [-0.05, 0) is 25.7 Å². The molecule has 1 rings (SSSR count). The van der Waals surface area contributed by atoms with Gasteiger partial charge in [-0.15, -0.1) is 0 Å². The highest BCUT2D eigenvalue weighted by atomic mass is 16.4. The quantitative estimate of drug-likeness (QED) is 0.625. The molecule has 0 aromatic rings. The highest BCUT2D eigenvalue weighted by molar-refractivity contribution is 5.93. The summed E-state index contributed by atoms with van der Waals surface area (Å²) in [4.78, 5) is 21.1. The number of carboxylic acids is 1. The zero-order valence-electron chi connectivity index (χ0n) is 7.49. The lowest BCUT2D eigenvalue weighted by atomic mass is 10.2. The van der Waals surface area contributed by atoms with Gasteiger partial charge >= 0.3 is 5.97 Å². The number of amides is 1. The molecule has 0 aromatic heterocycles. The second-order valence-corrected chi connectivity index (χ2v) is 3.31. The van der Waals surface area contributed by atoms with Crippen molar-refractivity contribution in [3.8, 4) is 0 Å². The van der Waals surface area contributed by atoms with Gasteiger partial charge in [0.25, 0.3) is 0 Å². The van der Waals surface area contributed by atoms with E-state index in [0.29, 0.717) is 5.92 Å². The minimum Gasteiger partial charge on any atom is -0.478 e. The van der Waals surface area contributed by atoms with E-state index in [1.54, 1.807) is 0 Å². The van der Waals surface area contributed by atoms with Crippen molar-refractivity contribution in [2.24, 2.45) is 5.92 Å². The van der Waals surface area contributed by atoms with Crippen LogP contribution in [0.2, 0.25) is 0 Å². The normalized spacial score (nSPS) is 18.5. The van der Waals surface area contributed by atoms with Gasteiger partial charge in [0.15, 0.2) is 0 Å². The summed E-state index contributed by atoms with van der Waals surface area (Å²) >= 11 is 0. The molecule has 1 saturated carbocycles. The zero-order chi connectivity index (χ0) is 9.84. The second kappa shape index (κ2) is 4.07. The van der Waals surface area contributed by atoms with Crippen molar-refractivity contribution < 1.29 is 14.7 Å². The van der Waals surface area contributed by atoms with Crippen molar-refractivity contribution in [3.05, 3.63) is 12.2 Å². The molecule has 1 unspecified atom stereocenters. The molecule has 72 valence electrons. The molecular weight excluding hydrogens is 170 g/mol. The number of hydrogen-bond acceptors (Lipinski definition) is 2. The molecule has 0 saturated heterocycles. The van der Waals surface area contributed by atoms with Gasteiger partial charge in [-0.25, -0.2) is 4.79 Å². The Hall–Kier alpha value is -1.32. The molecule has 2 N–H and O–H groups in total. The molecule has 1 fully saturated rings. The van der Waals surface area contributed by atoms with Crippen molar-refractivity contribution in [2.75, 3.05) is 0 Å². The third-order valence-electron chi connectivity index (χ3n) is 2.08. The fourth-order valence-corrected chi connectivity index (χ4v) is 1.13. The van der Waals surface area contributed by atoms with Crippen LogP contribution in [0.15, 0.2) is 12.2 Å². The molecule has 0 aromatic carbocycles. The standard InChI is InChI=1S/C9H13NO3/c1-6(7-2-3-7)10-8(11)4-5-9(12)13/h4-7H,2-3H2,1H3,(H,10,11)(H,12,13)/b5-4+. The summed E-state index contributed by atoms with van der Waals surface area (Å²) in [5.74, 6) is -0.849. The van der Waals surface area contributed by atoms with Crippen LogP contribution < -0.4 is 5.32 Å². The molecule has 4 nitrogen and oxygen atoms in total. The fourth-order valence-electron chi connectivity index (χ4n) is 1.13. The van der Waals surface area contributed by atoms with E-state index in [9.17, 15) is 9.59 Å². The molecule has 1 aliphatic carbocycles. The zero-order valence-corrected chi connectivity index (χ0v) is 7.49.